The second-order valence-electron chi connectivity index (χ2n) is 8.04. The van der Waals surface area contributed by atoms with Crippen LogP contribution in [-0.4, -0.2) is 43.2 Å². The molecule has 3 aromatic rings. The standard InChI is InChI=1S/C25H27ClN4O4/c1-16-5-4-6-18(13-16)34-25-23(27-9-10-28-25)30-11-7-17(8-12-30)24(31)29-20-14-19(26)21(32-2)15-22(20)33-3/h4-6,9-10,13-15,17H,7-8,11-12H2,1-3H3,(H,29,31). The van der Waals surface area contributed by atoms with Gasteiger partial charge in [0.2, 0.25) is 5.91 Å². The van der Waals surface area contributed by atoms with Gasteiger partial charge in [-0.15, -0.1) is 0 Å². The fourth-order valence-electron chi connectivity index (χ4n) is 3.94. The van der Waals surface area contributed by atoms with Crippen molar-refractivity contribution in [2.45, 2.75) is 19.8 Å². The highest BCUT2D eigenvalue weighted by Gasteiger charge is 2.28. The van der Waals surface area contributed by atoms with Crippen molar-refractivity contribution >= 4 is 29.0 Å². The molecule has 1 aliphatic heterocycles. The van der Waals surface area contributed by atoms with E-state index in [-0.39, 0.29) is 11.8 Å². The summed E-state index contributed by atoms with van der Waals surface area (Å²) in [7, 11) is 3.06. The van der Waals surface area contributed by atoms with Crippen molar-refractivity contribution in [3.63, 3.8) is 0 Å². The van der Waals surface area contributed by atoms with Crippen molar-refractivity contribution in [3.8, 4) is 23.1 Å². The molecular weight excluding hydrogens is 456 g/mol. The van der Waals surface area contributed by atoms with Gasteiger partial charge >= 0.3 is 0 Å². The number of carbonyl (C=O) groups is 1. The van der Waals surface area contributed by atoms with Crippen LogP contribution in [-0.2, 0) is 4.79 Å². The zero-order chi connectivity index (χ0) is 24.1. The predicted molar refractivity (Wildman–Crippen MR) is 131 cm³/mol. The number of halogens is 1. The Hall–Kier alpha value is -3.52. The van der Waals surface area contributed by atoms with Gasteiger partial charge in [-0.25, -0.2) is 9.97 Å². The van der Waals surface area contributed by atoms with Crippen molar-refractivity contribution in [2.75, 3.05) is 37.5 Å². The number of hydrogen-bond donors (Lipinski definition) is 1. The van der Waals surface area contributed by atoms with Gasteiger partial charge in [-0.2, -0.15) is 0 Å². The smallest absolute Gasteiger partial charge is 0.263 e. The van der Waals surface area contributed by atoms with Gasteiger partial charge < -0.3 is 24.4 Å². The van der Waals surface area contributed by atoms with Crippen LogP contribution in [0.5, 0.6) is 23.1 Å². The second kappa shape index (κ2) is 10.6. The van der Waals surface area contributed by atoms with Gasteiger partial charge in [-0.05, 0) is 43.5 Å². The maximum atomic E-state index is 13.0. The quantitative estimate of drug-likeness (QED) is 0.501. The van der Waals surface area contributed by atoms with E-state index in [9.17, 15) is 4.79 Å². The van der Waals surface area contributed by atoms with Gasteiger partial charge in [-0.3, -0.25) is 4.79 Å². The molecule has 1 amide bonds. The van der Waals surface area contributed by atoms with Crippen LogP contribution < -0.4 is 24.4 Å². The number of nitrogens with one attached hydrogen (secondary N) is 1. The Labute approximate surface area is 203 Å². The molecule has 0 saturated carbocycles. The molecule has 1 N–H and O–H groups in total. The Morgan fingerprint density at radius 2 is 1.79 bits per heavy atom. The van der Waals surface area contributed by atoms with E-state index in [0.717, 1.165) is 5.56 Å². The van der Waals surface area contributed by atoms with Crippen LogP contribution in [0, 0.1) is 12.8 Å². The zero-order valence-electron chi connectivity index (χ0n) is 19.4. The van der Waals surface area contributed by atoms with Crippen LogP contribution in [0.1, 0.15) is 18.4 Å². The summed E-state index contributed by atoms with van der Waals surface area (Å²) < 4.78 is 16.6. The summed E-state index contributed by atoms with van der Waals surface area (Å²) in [6.45, 7) is 3.32. The number of amides is 1. The lowest BCUT2D eigenvalue weighted by molar-refractivity contribution is -0.120. The average molecular weight is 483 g/mol. The van der Waals surface area contributed by atoms with Crippen LogP contribution in [0.25, 0.3) is 0 Å². The fourth-order valence-corrected chi connectivity index (χ4v) is 4.18. The van der Waals surface area contributed by atoms with Gasteiger partial charge in [0.1, 0.15) is 17.2 Å². The summed E-state index contributed by atoms with van der Waals surface area (Å²) >= 11 is 6.23. The van der Waals surface area contributed by atoms with Crippen molar-refractivity contribution < 1.29 is 19.0 Å². The third kappa shape index (κ3) is 5.34. The van der Waals surface area contributed by atoms with Crippen LogP contribution >= 0.6 is 11.6 Å². The van der Waals surface area contributed by atoms with E-state index >= 15 is 0 Å². The minimum absolute atomic E-state index is 0.0745. The van der Waals surface area contributed by atoms with Crippen LogP contribution in [0.2, 0.25) is 5.02 Å². The van der Waals surface area contributed by atoms with Gasteiger partial charge in [0.25, 0.3) is 5.88 Å². The van der Waals surface area contributed by atoms with Gasteiger partial charge in [-0.1, -0.05) is 23.7 Å². The van der Waals surface area contributed by atoms with Gasteiger partial charge in [0, 0.05) is 37.5 Å². The van der Waals surface area contributed by atoms with Crippen LogP contribution in [0.4, 0.5) is 11.5 Å². The van der Waals surface area contributed by atoms with E-state index < -0.39 is 0 Å². The number of aromatic nitrogens is 2. The molecule has 8 nitrogen and oxygen atoms in total. The first kappa shape index (κ1) is 23.6. The summed E-state index contributed by atoms with van der Waals surface area (Å²) in [4.78, 5) is 24.0. The first-order chi connectivity index (χ1) is 16.5. The highest BCUT2D eigenvalue weighted by molar-refractivity contribution is 6.32. The average Bonchev–Trinajstić information content (AvgIpc) is 2.85. The summed E-state index contributed by atoms with van der Waals surface area (Å²) in [5, 5.41) is 3.35. The second-order valence-corrected chi connectivity index (χ2v) is 8.45. The molecule has 2 aromatic carbocycles. The molecule has 178 valence electrons. The summed E-state index contributed by atoms with van der Waals surface area (Å²) in [6, 6.07) is 11.1. The Balaban J connectivity index is 1.41. The molecule has 1 saturated heterocycles. The highest BCUT2D eigenvalue weighted by Crippen LogP contribution is 2.37. The maximum Gasteiger partial charge on any atom is 0.263 e. The molecule has 2 heterocycles. The number of benzene rings is 2. The van der Waals surface area contributed by atoms with E-state index in [0.29, 0.717) is 65.6 Å². The molecule has 1 fully saturated rings. The molecule has 34 heavy (non-hydrogen) atoms. The number of rotatable bonds is 7. The molecule has 0 aliphatic carbocycles. The Morgan fingerprint density at radius 1 is 1.06 bits per heavy atom. The molecule has 0 unspecified atom stereocenters. The van der Waals surface area contributed by atoms with Crippen molar-refractivity contribution in [3.05, 3.63) is 59.4 Å². The molecule has 1 aliphatic rings. The number of anilines is 2. The van der Waals surface area contributed by atoms with E-state index in [1.165, 1.54) is 14.2 Å². The molecule has 0 bridgehead atoms. The number of hydrogen-bond acceptors (Lipinski definition) is 7. The summed E-state index contributed by atoms with van der Waals surface area (Å²) in [5.74, 6) is 2.58. The van der Waals surface area contributed by atoms with Crippen LogP contribution in [0.15, 0.2) is 48.8 Å². The van der Waals surface area contributed by atoms with Crippen molar-refractivity contribution in [1.82, 2.24) is 9.97 Å². The van der Waals surface area contributed by atoms with Gasteiger partial charge in [0.05, 0.1) is 24.9 Å². The third-order valence-electron chi connectivity index (χ3n) is 5.75. The van der Waals surface area contributed by atoms with E-state index in [1.807, 2.05) is 31.2 Å². The number of nitrogens with zero attached hydrogens (tertiary/aromatic N) is 3. The molecule has 0 atom stereocenters. The topological polar surface area (TPSA) is 85.8 Å². The number of aryl methyl sites for hydroxylation is 1. The van der Waals surface area contributed by atoms with Gasteiger partial charge in [0.15, 0.2) is 5.82 Å². The summed E-state index contributed by atoms with van der Waals surface area (Å²) in [6.07, 6.45) is 4.59. The zero-order valence-corrected chi connectivity index (χ0v) is 20.1. The minimum atomic E-state index is -0.153. The number of ether oxygens (including phenoxy) is 3. The largest absolute Gasteiger partial charge is 0.495 e. The normalized spacial score (nSPS) is 13.9. The fraction of sp³-hybridized carbons (Fsp3) is 0.320. The van der Waals surface area contributed by atoms with Crippen LogP contribution in [0.3, 0.4) is 0 Å². The number of piperidine rings is 1. The SMILES string of the molecule is COc1cc(OC)c(NC(=O)C2CCN(c3nccnc3Oc3cccc(C)c3)CC2)cc1Cl. The van der Waals surface area contributed by atoms with E-state index in [2.05, 4.69) is 20.2 Å². The third-order valence-corrected chi connectivity index (χ3v) is 6.04. The number of carbonyl (C=O) groups excluding carboxylic acids is 1. The van der Waals surface area contributed by atoms with Crippen molar-refractivity contribution in [1.29, 1.82) is 0 Å². The lowest BCUT2D eigenvalue weighted by Crippen LogP contribution is -2.38. The molecule has 4 rings (SSSR count). The molecule has 0 radical (unpaired) electrons. The first-order valence-corrected chi connectivity index (χ1v) is 11.4. The number of methoxy groups -OCH3 is 2. The Kier molecular flexibility index (Phi) is 7.37. The molecule has 9 heteroatoms. The molecule has 1 aromatic heterocycles. The van der Waals surface area contributed by atoms with Crippen molar-refractivity contribution in [2.24, 2.45) is 5.92 Å². The molecular formula is C25H27ClN4O4. The predicted octanol–water partition coefficient (Wildman–Crippen LogP) is 5.10. The first-order valence-electron chi connectivity index (χ1n) is 11.0. The Bertz CT molecular complexity index is 1170. The maximum absolute atomic E-state index is 13.0. The minimum Gasteiger partial charge on any atom is -0.495 e. The lowest BCUT2D eigenvalue weighted by Gasteiger charge is -2.32. The van der Waals surface area contributed by atoms with E-state index in [1.54, 1.807) is 24.5 Å². The summed E-state index contributed by atoms with van der Waals surface area (Å²) in [5.41, 5.74) is 1.62. The monoisotopic (exact) mass is 482 g/mol. The highest BCUT2D eigenvalue weighted by atomic mass is 35.5. The van der Waals surface area contributed by atoms with E-state index in [4.69, 9.17) is 25.8 Å². The Morgan fingerprint density at radius 3 is 2.50 bits per heavy atom. The molecule has 0 spiro atoms. The lowest BCUT2D eigenvalue weighted by atomic mass is 9.95.